The van der Waals surface area contributed by atoms with Gasteiger partial charge in [-0.15, -0.1) is 0 Å². The molecule has 0 aromatic heterocycles. The fourth-order valence-corrected chi connectivity index (χ4v) is 1.96. The van der Waals surface area contributed by atoms with Crippen LogP contribution in [0.3, 0.4) is 0 Å². The van der Waals surface area contributed by atoms with Gasteiger partial charge in [0.25, 0.3) is 0 Å². The Bertz CT molecular complexity index is 264. The highest BCUT2D eigenvalue weighted by Crippen LogP contribution is 2.23. The molecule has 6 nitrogen and oxygen atoms in total. The first kappa shape index (κ1) is 13.8. The van der Waals surface area contributed by atoms with Crippen molar-refractivity contribution < 1.29 is 19.8 Å². The average molecular weight is 244 g/mol. The lowest BCUT2D eigenvalue weighted by Gasteiger charge is -2.12. The molecule has 0 bridgehead atoms. The van der Waals surface area contributed by atoms with Gasteiger partial charge in [-0.2, -0.15) is 0 Å². The van der Waals surface area contributed by atoms with E-state index in [0.717, 1.165) is 12.8 Å². The molecule has 1 rings (SSSR count). The number of aliphatic hydroxyl groups is 1. The molecule has 6 heteroatoms. The molecule has 4 N–H and O–H groups in total. The molecule has 98 valence electrons. The summed E-state index contributed by atoms with van der Waals surface area (Å²) in [5.74, 6) is -0.691. The minimum Gasteiger partial charge on any atom is -0.479 e. The number of aliphatic carboxylic acids is 1. The zero-order valence-electron chi connectivity index (χ0n) is 9.82. The zero-order chi connectivity index (χ0) is 12.7. The first-order chi connectivity index (χ1) is 8.09. The van der Waals surface area contributed by atoms with Crippen LogP contribution in [0.15, 0.2) is 0 Å². The summed E-state index contributed by atoms with van der Waals surface area (Å²) in [6.07, 6.45) is 3.41. The van der Waals surface area contributed by atoms with E-state index in [1.807, 2.05) is 0 Å². The van der Waals surface area contributed by atoms with Gasteiger partial charge >= 0.3 is 12.0 Å². The highest BCUT2D eigenvalue weighted by atomic mass is 16.4. The molecule has 1 atom stereocenters. The third kappa shape index (κ3) is 5.53. The van der Waals surface area contributed by atoms with E-state index in [1.165, 1.54) is 12.8 Å². The van der Waals surface area contributed by atoms with Crippen molar-refractivity contribution in [2.75, 3.05) is 13.1 Å². The van der Waals surface area contributed by atoms with Crippen LogP contribution in [0.4, 0.5) is 4.79 Å². The molecule has 1 fully saturated rings. The Morgan fingerprint density at radius 3 is 2.47 bits per heavy atom. The Morgan fingerprint density at radius 2 is 1.88 bits per heavy atom. The molecule has 17 heavy (non-hydrogen) atoms. The number of nitrogens with one attached hydrogen (secondary N) is 2. The lowest BCUT2D eigenvalue weighted by Crippen LogP contribution is -2.39. The molecule has 1 aliphatic rings. The highest BCUT2D eigenvalue weighted by Gasteiger charge is 2.16. The summed E-state index contributed by atoms with van der Waals surface area (Å²) >= 11 is 0. The largest absolute Gasteiger partial charge is 0.479 e. The Hall–Kier alpha value is -1.30. The first-order valence-electron chi connectivity index (χ1n) is 6.02. The smallest absolute Gasteiger partial charge is 0.332 e. The number of carbonyl (C=O) groups is 2. The number of carboxylic acids is 1. The van der Waals surface area contributed by atoms with E-state index < -0.39 is 12.1 Å². The zero-order valence-corrected chi connectivity index (χ0v) is 9.82. The summed E-state index contributed by atoms with van der Waals surface area (Å²) in [5.41, 5.74) is 0. The highest BCUT2D eigenvalue weighted by molar-refractivity contribution is 5.74. The number of carboxylic acid groups (broad SMARTS) is 1. The van der Waals surface area contributed by atoms with Crippen molar-refractivity contribution in [1.29, 1.82) is 0 Å². The van der Waals surface area contributed by atoms with Gasteiger partial charge in [-0.05, 0) is 18.8 Å². The molecule has 0 aromatic rings. The molecule has 0 aromatic carbocycles. The first-order valence-corrected chi connectivity index (χ1v) is 6.02. The van der Waals surface area contributed by atoms with Gasteiger partial charge in [0.15, 0.2) is 6.10 Å². The van der Waals surface area contributed by atoms with Gasteiger partial charge in [-0.25, -0.2) is 9.59 Å². The molecule has 0 unspecified atom stereocenters. The van der Waals surface area contributed by atoms with Crippen LogP contribution >= 0.6 is 0 Å². The minimum absolute atomic E-state index is 0.0200. The van der Waals surface area contributed by atoms with Gasteiger partial charge in [0.2, 0.25) is 0 Å². The second-order valence-electron chi connectivity index (χ2n) is 4.43. The van der Waals surface area contributed by atoms with Crippen molar-refractivity contribution in [2.45, 2.75) is 38.2 Å². The third-order valence-electron chi connectivity index (χ3n) is 3.01. The van der Waals surface area contributed by atoms with Crippen molar-refractivity contribution in [2.24, 2.45) is 5.92 Å². The van der Waals surface area contributed by atoms with E-state index in [2.05, 4.69) is 10.6 Å². The standard InChI is InChI=1S/C11H20N2O4/c14-9(10(15)16)5-6-12-11(17)13-7-8-3-1-2-4-8/h8-9,14H,1-7H2,(H,15,16)(H2,12,13,17)/t9-/m0/s1. The normalized spacial score (nSPS) is 17.7. The van der Waals surface area contributed by atoms with Gasteiger partial charge in [0.1, 0.15) is 0 Å². The van der Waals surface area contributed by atoms with E-state index in [9.17, 15) is 9.59 Å². The lowest BCUT2D eigenvalue weighted by atomic mass is 10.1. The average Bonchev–Trinajstić information content (AvgIpc) is 2.78. The van der Waals surface area contributed by atoms with Crippen LogP contribution in [0.2, 0.25) is 0 Å². The van der Waals surface area contributed by atoms with Crippen LogP contribution in [0.1, 0.15) is 32.1 Å². The van der Waals surface area contributed by atoms with Crippen LogP contribution in [-0.2, 0) is 4.79 Å². The predicted octanol–water partition coefficient (Wildman–Crippen LogP) is 0.311. The molecule has 0 radical (unpaired) electrons. The Labute approximate surface area is 100 Å². The number of hydrogen-bond donors (Lipinski definition) is 4. The molecule has 2 amide bonds. The van der Waals surface area contributed by atoms with E-state index in [1.54, 1.807) is 0 Å². The van der Waals surface area contributed by atoms with Crippen molar-refractivity contribution in [3.63, 3.8) is 0 Å². The van der Waals surface area contributed by atoms with Gasteiger partial charge in [0.05, 0.1) is 0 Å². The molecule has 0 aliphatic heterocycles. The van der Waals surface area contributed by atoms with E-state index in [-0.39, 0.29) is 19.0 Å². The third-order valence-corrected chi connectivity index (χ3v) is 3.01. The second kappa shape index (κ2) is 7.11. The SMILES string of the molecule is O=C(NCC[C@H](O)C(=O)O)NCC1CCCC1. The number of rotatable bonds is 6. The van der Waals surface area contributed by atoms with Crippen LogP contribution in [-0.4, -0.2) is 41.4 Å². The van der Waals surface area contributed by atoms with Crippen LogP contribution in [0, 0.1) is 5.92 Å². The Balaban J connectivity index is 2.02. The van der Waals surface area contributed by atoms with E-state index in [4.69, 9.17) is 10.2 Å². The van der Waals surface area contributed by atoms with Crippen molar-refractivity contribution in [1.82, 2.24) is 10.6 Å². The number of hydrogen-bond acceptors (Lipinski definition) is 3. The Morgan fingerprint density at radius 1 is 1.24 bits per heavy atom. The lowest BCUT2D eigenvalue weighted by molar-refractivity contribution is -0.146. The maximum absolute atomic E-state index is 11.3. The molecule has 0 heterocycles. The summed E-state index contributed by atoms with van der Waals surface area (Å²) in [6.45, 7) is 0.831. The quantitative estimate of drug-likeness (QED) is 0.540. The molecule has 0 saturated heterocycles. The summed E-state index contributed by atoms with van der Waals surface area (Å²) in [4.78, 5) is 21.6. The summed E-state index contributed by atoms with van der Waals surface area (Å²) in [7, 11) is 0. The number of urea groups is 1. The summed E-state index contributed by atoms with van der Waals surface area (Å²) < 4.78 is 0. The molecule has 0 spiro atoms. The maximum atomic E-state index is 11.3. The van der Waals surface area contributed by atoms with E-state index in [0.29, 0.717) is 12.5 Å². The van der Waals surface area contributed by atoms with Crippen molar-refractivity contribution in [3.05, 3.63) is 0 Å². The minimum atomic E-state index is -1.41. The van der Waals surface area contributed by atoms with Crippen LogP contribution in [0.5, 0.6) is 0 Å². The number of amides is 2. The second-order valence-corrected chi connectivity index (χ2v) is 4.43. The fraction of sp³-hybridized carbons (Fsp3) is 0.818. The molecular weight excluding hydrogens is 224 g/mol. The Kier molecular flexibility index (Phi) is 5.76. The molecule has 1 aliphatic carbocycles. The van der Waals surface area contributed by atoms with Crippen LogP contribution in [0.25, 0.3) is 0 Å². The van der Waals surface area contributed by atoms with Crippen molar-refractivity contribution in [3.8, 4) is 0 Å². The maximum Gasteiger partial charge on any atom is 0.332 e. The van der Waals surface area contributed by atoms with Crippen molar-refractivity contribution >= 4 is 12.0 Å². The monoisotopic (exact) mass is 244 g/mol. The van der Waals surface area contributed by atoms with Gasteiger partial charge in [-0.3, -0.25) is 0 Å². The van der Waals surface area contributed by atoms with Gasteiger partial charge in [0, 0.05) is 19.5 Å². The summed E-state index contributed by atoms with van der Waals surface area (Å²) in [5, 5.41) is 22.7. The summed E-state index contributed by atoms with van der Waals surface area (Å²) in [6, 6.07) is -0.297. The van der Waals surface area contributed by atoms with E-state index >= 15 is 0 Å². The topological polar surface area (TPSA) is 98.7 Å². The predicted molar refractivity (Wildman–Crippen MR) is 61.6 cm³/mol. The number of carbonyl (C=O) groups excluding carboxylic acids is 1. The van der Waals surface area contributed by atoms with Gasteiger partial charge < -0.3 is 20.8 Å². The molecule has 1 saturated carbocycles. The van der Waals surface area contributed by atoms with Crippen LogP contribution < -0.4 is 10.6 Å². The number of aliphatic hydroxyl groups excluding tert-OH is 1. The van der Waals surface area contributed by atoms with Gasteiger partial charge in [-0.1, -0.05) is 12.8 Å². The fourth-order valence-electron chi connectivity index (χ4n) is 1.96. The molecular formula is C11H20N2O4.